The van der Waals surface area contributed by atoms with Gasteiger partial charge in [0.25, 0.3) is 10.1 Å². The Hall–Kier alpha value is -3.03. The van der Waals surface area contributed by atoms with Gasteiger partial charge in [0.15, 0.2) is 0 Å². The molecule has 0 amide bonds. The first kappa shape index (κ1) is 35.4. The van der Waals surface area contributed by atoms with E-state index in [0.717, 1.165) is 41.9 Å². The fraction of sp³-hybridized carbons (Fsp3) is 0.514. The Morgan fingerprint density at radius 2 is 1.07 bits per heavy atom. The van der Waals surface area contributed by atoms with E-state index < -0.39 is 10.1 Å². The summed E-state index contributed by atoms with van der Waals surface area (Å²) in [5.41, 5.74) is 4.16. The van der Waals surface area contributed by atoms with Crippen molar-refractivity contribution in [2.75, 3.05) is 17.2 Å². The van der Waals surface area contributed by atoms with E-state index in [4.69, 9.17) is 4.74 Å². The standard InChI is InChI=1S/C37H54N2O4S/c1-3-4-5-6-7-8-9-10-11-12-13-14-15-16-17-21-28-43-36-29-31(2)35(30-37(36)44(40,41)42)39-34-26-24-33(25-27-34)38-32-22-19-18-20-23-32/h18-20,22-27,29-30,38-39H,3-17,21,28H2,1-2H3,(H,40,41,42). The summed E-state index contributed by atoms with van der Waals surface area (Å²) in [6.45, 7) is 4.58. The predicted molar refractivity (Wildman–Crippen MR) is 185 cm³/mol. The second kappa shape index (κ2) is 20.1. The molecule has 0 aliphatic rings. The smallest absolute Gasteiger partial charge is 0.298 e. The second-order valence-electron chi connectivity index (χ2n) is 11.9. The first-order chi connectivity index (χ1) is 21.4. The maximum atomic E-state index is 12.2. The SMILES string of the molecule is CCCCCCCCCCCCCCCCCCOc1cc(C)c(Nc2ccc(Nc3ccccc3)cc2)cc1S(=O)(=O)O. The van der Waals surface area contributed by atoms with Crippen molar-refractivity contribution < 1.29 is 17.7 Å². The Balaban J connectivity index is 1.35. The summed E-state index contributed by atoms with van der Waals surface area (Å²) in [5.74, 6) is 0.193. The molecule has 0 saturated carbocycles. The van der Waals surface area contributed by atoms with Gasteiger partial charge < -0.3 is 15.4 Å². The van der Waals surface area contributed by atoms with Crippen LogP contribution >= 0.6 is 0 Å². The summed E-state index contributed by atoms with van der Waals surface area (Å²) in [5, 5.41) is 6.61. The average molecular weight is 623 g/mol. The van der Waals surface area contributed by atoms with Gasteiger partial charge in [0.2, 0.25) is 0 Å². The van der Waals surface area contributed by atoms with Gasteiger partial charge in [-0.1, -0.05) is 121 Å². The highest BCUT2D eigenvalue weighted by Gasteiger charge is 2.19. The van der Waals surface area contributed by atoms with Crippen LogP contribution in [0, 0.1) is 6.92 Å². The minimum atomic E-state index is -4.45. The third-order valence-corrected chi connectivity index (χ3v) is 8.93. The average Bonchev–Trinajstić information content (AvgIpc) is 3.00. The molecule has 44 heavy (non-hydrogen) atoms. The van der Waals surface area contributed by atoms with E-state index in [1.54, 1.807) is 6.07 Å². The van der Waals surface area contributed by atoms with E-state index in [0.29, 0.717) is 12.3 Å². The van der Waals surface area contributed by atoms with E-state index in [1.165, 1.54) is 89.5 Å². The molecule has 0 aromatic heterocycles. The van der Waals surface area contributed by atoms with Crippen LogP contribution in [0.15, 0.2) is 71.6 Å². The lowest BCUT2D eigenvalue weighted by Crippen LogP contribution is -2.07. The molecule has 0 fully saturated rings. The third-order valence-electron chi connectivity index (χ3n) is 8.05. The number of anilines is 4. The number of hydrogen-bond acceptors (Lipinski definition) is 5. The van der Waals surface area contributed by atoms with Crippen LogP contribution in [0.5, 0.6) is 5.75 Å². The zero-order valence-corrected chi connectivity index (χ0v) is 27.8. The van der Waals surface area contributed by atoms with Gasteiger partial charge in [-0.3, -0.25) is 4.55 Å². The Bertz CT molecular complexity index is 1310. The molecule has 3 rings (SSSR count). The van der Waals surface area contributed by atoms with Crippen molar-refractivity contribution in [1.82, 2.24) is 0 Å². The molecule has 242 valence electrons. The normalized spacial score (nSPS) is 11.4. The summed E-state index contributed by atoms with van der Waals surface area (Å²) in [6, 6.07) is 20.8. The summed E-state index contributed by atoms with van der Waals surface area (Å²) in [7, 11) is -4.45. The van der Waals surface area contributed by atoms with Crippen LogP contribution in [-0.4, -0.2) is 19.6 Å². The van der Waals surface area contributed by atoms with Gasteiger partial charge in [0.05, 0.1) is 6.61 Å². The van der Waals surface area contributed by atoms with Crippen LogP contribution in [0.1, 0.15) is 115 Å². The molecule has 7 heteroatoms. The van der Waals surface area contributed by atoms with Crippen molar-refractivity contribution in [3.8, 4) is 5.75 Å². The first-order valence-electron chi connectivity index (χ1n) is 16.8. The molecule has 3 N–H and O–H groups in total. The number of unbranched alkanes of at least 4 members (excludes halogenated alkanes) is 15. The minimum absolute atomic E-state index is 0.193. The van der Waals surface area contributed by atoms with Gasteiger partial charge in [-0.2, -0.15) is 8.42 Å². The van der Waals surface area contributed by atoms with Crippen LogP contribution in [0.3, 0.4) is 0 Å². The van der Waals surface area contributed by atoms with Gasteiger partial charge in [-0.05, 0) is 67.4 Å². The lowest BCUT2D eigenvalue weighted by atomic mass is 10.0. The number of benzene rings is 3. The second-order valence-corrected chi connectivity index (χ2v) is 13.3. The Morgan fingerprint density at radius 1 is 0.614 bits per heavy atom. The van der Waals surface area contributed by atoms with Gasteiger partial charge in [0, 0.05) is 22.7 Å². The lowest BCUT2D eigenvalue weighted by Gasteiger charge is -2.16. The highest BCUT2D eigenvalue weighted by molar-refractivity contribution is 7.86. The van der Waals surface area contributed by atoms with Crippen molar-refractivity contribution in [2.24, 2.45) is 0 Å². The Kier molecular flexibility index (Phi) is 16.2. The predicted octanol–water partition coefficient (Wildman–Crippen LogP) is 11.4. The highest BCUT2D eigenvalue weighted by atomic mass is 32.2. The number of para-hydroxylation sites is 1. The van der Waals surface area contributed by atoms with Crippen LogP contribution in [0.25, 0.3) is 0 Å². The minimum Gasteiger partial charge on any atom is -0.492 e. The van der Waals surface area contributed by atoms with E-state index in [2.05, 4.69) is 17.6 Å². The molecule has 3 aromatic carbocycles. The molecule has 0 radical (unpaired) electrons. The number of aryl methyl sites for hydroxylation is 1. The van der Waals surface area contributed by atoms with Crippen LogP contribution < -0.4 is 15.4 Å². The highest BCUT2D eigenvalue weighted by Crippen LogP contribution is 2.33. The number of ether oxygens (including phenoxy) is 1. The van der Waals surface area contributed by atoms with Gasteiger partial charge in [-0.25, -0.2) is 0 Å². The topological polar surface area (TPSA) is 87.7 Å². The maximum Gasteiger partial charge on any atom is 0.298 e. The molecule has 0 heterocycles. The van der Waals surface area contributed by atoms with Crippen molar-refractivity contribution in [3.63, 3.8) is 0 Å². The Morgan fingerprint density at radius 3 is 1.57 bits per heavy atom. The molecule has 0 unspecified atom stereocenters. The van der Waals surface area contributed by atoms with Crippen molar-refractivity contribution in [1.29, 1.82) is 0 Å². The Labute approximate surface area is 266 Å². The molecule has 3 aromatic rings. The summed E-state index contributed by atoms with van der Waals surface area (Å²) < 4.78 is 40.2. The van der Waals surface area contributed by atoms with E-state index in [1.807, 2.05) is 61.5 Å². The zero-order valence-electron chi connectivity index (χ0n) is 27.0. The molecule has 0 aliphatic carbocycles. The third kappa shape index (κ3) is 13.7. The zero-order chi connectivity index (χ0) is 31.5. The first-order valence-corrected chi connectivity index (χ1v) is 18.2. The van der Waals surface area contributed by atoms with Crippen LogP contribution in [-0.2, 0) is 10.1 Å². The fourth-order valence-corrected chi connectivity index (χ4v) is 6.06. The van der Waals surface area contributed by atoms with E-state index >= 15 is 0 Å². The van der Waals surface area contributed by atoms with E-state index in [-0.39, 0.29) is 10.6 Å². The van der Waals surface area contributed by atoms with Gasteiger partial charge in [-0.15, -0.1) is 0 Å². The monoisotopic (exact) mass is 622 g/mol. The fourth-order valence-electron chi connectivity index (χ4n) is 5.42. The quantitative estimate of drug-likeness (QED) is 0.0720. The molecule has 0 saturated heterocycles. The number of rotatable bonds is 23. The number of nitrogens with one attached hydrogen (secondary N) is 2. The summed E-state index contributed by atoms with van der Waals surface area (Å²) in [6.07, 6.45) is 20.7. The molecule has 0 atom stereocenters. The molecule has 6 nitrogen and oxygen atoms in total. The molecule has 0 aliphatic heterocycles. The molecule has 0 bridgehead atoms. The maximum absolute atomic E-state index is 12.2. The number of hydrogen-bond donors (Lipinski definition) is 3. The van der Waals surface area contributed by atoms with Crippen molar-refractivity contribution >= 4 is 32.9 Å². The van der Waals surface area contributed by atoms with Gasteiger partial charge in [0.1, 0.15) is 10.6 Å². The van der Waals surface area contributed by atoms with Crippen LogP contribution in [0.2, 0.25) is 0 Å². The molecular weight excluding hydrogens is 568 g/mol. The largest absolute Gasteiger partial charge is 0.492 e. The summed E-state index contributed by atoms with van der Waals surface area (Å²) >= 11 is 0. The van der Waals surface area contributed by atoms with Crippen molar-refractivity contribution in [2.45, 2.75) is 121 Å². The van der Waals surface area contributed by atoms with Gasteiger partial charge >= 0.3 is 0 Å². The summed E-state index contributed by atoms with van der Waals surface area (Å²) in [4.78, 5) is -0.218. The van der Waals surface area contributed by atoms with Crippen molar-refractivity contribution in [3.05, 3.63) is 72.3 Å². The lowest BCUT2D eigenvalue weighted by molar-refractivity contribution is 0.295. The van der Waals surface area contributed by atoms with Crippen LogP contribution in [0.4, 0.5) is 22.7 Å². The molecular formula is C37H54N2O4S. The van der Waals surface area contributed by atoms with E-state index in [9.17, 15) is 13.0 Å². The molecule has 0 spiro atoms.